The van der Waals surface area contributed by atoms with Crippen LogP contribution in [0.1, 0.15) is 36.6 Å². The van der Waals surface area contributed by atoms with E-state index in [9.17, 15) is 4.79 Å². The molecule has 2 heterocycles. The molecule has 0 aromatic carbocycles. The summed E-state index contributed by atoms with van der Waals surface area (Å²) < 4.78 is 6.96. The van der Waals surface area contributed by atoms with Gasteiger partial charge in [-0.1, -0.05) is 6.92 Å². The number of fused-ring (bicyclic) bond motifs is 1. The maximum atomic E-state index is 11.6. The van der Waals surface area contributed by atoms with Gasteiger partial charge in [0.25, 0.3) is 0 Å². The van der Waals surface area contributed by atoms with Crippen LogP contribution in [0.15, 0.2) is 6.20 Å². The molecular weight excluding hydrogens is 192 g/mol. The molecule has 0 amide bonds. The van der Waals surface area contributed by atoms with Crippen LogP contribution >= 0.6 is 0 Å². The van der Waals surface area contributed by atoms with Gasteiger partial charge in [0.15, 0.2) is 0 Å². The molecule has 1 unspecified atom stereocenters. The predicted octanol–water partition coefficient (Wildman–Crippen LogP) is 1.64. The van der Waals surface area contributed by atoms with E-state index >= 15 is 0 Å². The summed E-state index contributed by atoms with van der Waals surface area (Å²) in [5.74, 6) is 1.41. The van der Waals surface area contributed by atoms with Gasteiger partial charge in [0.1, 0.15) is 11.5 Å². The van der Waals surface area contributed by atoms with E-state index in [1.54, 1.807) is 6.20 Å². The Balaban J connectivity index is 2.24. The number of imidazole rings is 1. The van der Waals surface area contributed by atoms with E-state index in [-0.39, 0.29) is 5.97 Å². The molecule has 1 aromatic rings. The van der Waals surface area contributed by atoms with Crippen LogP contribution in [0.5, 0.6) is 0 Å². The fraction of sp³-hybridized carbons (Fsp3) is 0.636. The Morgan fingerprint density at radius 3 is 3.27 bits per heavy atom. The molecule has 1 aliphatic heterocycles. The first kappa shape index (κ1) is 10.2. The molecular formula is C11H16N2O2. The average Bonchev–Trinajstić information content (AvgIpc) is 2.60. The van der Waals surface area contributed by atoms with E-state index in [4.69, 9.17) is 4.74 Å². The molecule has 0 N–H and O–H groups in total. The molecule has 0 spiro atoms. The Labute approximate surface area is 89.3 Å². The smallest absolute Gasteiger partial charge is 0.356 e. The number of carbonyl (C=O) groups is 1. The van der Waals surface area contributed by atoms with Crippen LogP contribution in [0.2, 0.25) is 0 Å². The number of hydrogen-bond donors (Lipinski definition) is 0. The first-order chi connectivity index (χ1) is 7.22. The summed E-state index contributed by atoms with van der Waals surface area (Å²) in [7, 11) is 0. The number of ether oxygens (including phenoxy) is 1. The minimum Gasteiger partial charge on any atom is -0.461 e. The summed E-state index contributed by atoms with van der Waals surface area (Å²) in [5, 5.41) is 0. The van der Waals surface area contributed by atoms with Crippen LogP contribution < -0.4 is 0 Å². The molecule has 0 saturated heterocycles. The zero-order chi connectivity index (χ0) is 10.8. The van der Waals surface area contributed by atoms with Gasteiger partial charge in [-0.3, -0.25) is 0 Å². The van der Waals surface area contributed by atoms with Crippen LogP contribution in [-0.2, 0) is 17.7 Å². The molecule has 2 rings (SSSR count). The maximum Gasteiger partial charge on any atom is 0.356 e. The third-order valence-corrected chi connectivity index (χ3v) is 2.80. The second-order valence-electron chi connectivity index (χ2n) is 4.03. The third kappa shape index (κ3) is 1.89. The molecule has 15 heavy (non-hydrogen) atoms. The summed E-state index contributed by atoms with van der Waals surface area (Å²) in [4.78, 5) is 15.8. The van der Waals surface area contributed by atoms with Crippen molar-refractivity contribution < 1.29 is 9.53 Å². The number of carbonyl (C=O) groups excluding carboxylic acids is 1. The highest BCUT2D eigenvalue weighted by molar-refractivity contribution is 5.87. The van der Waals surface area contributed by atoms with Crippen LogP contribution in [0.3, 0.4) is 0 Å². The highest BCUT2D eigenvalue weighted by Crippen LogP contribution is 2.21. The predicted molar refractivity (Wildman–Crippen MR) is 55.7 cm³/mol. The summed E-state index contributed by atoms with van der Waals surface area (Å²) in [6.45, 7) is 5.32. The van der Waals surface area contributed by atoms with Gasteiger partial charge in [-0.25, -0.2) is 9.78 Å². The van der Waals surface area contributed by atoms with E-state index in [0.29, 0.717) is 18.2 Å². The Morgan fingerprint density at radius 2 is 2.53 bits per heavy atom. The van der Waals surface area contributed by atoms with Crippen molar-refractivity contribution in [3.8, 4) is 0 Å². The highest BCUT2D eigenvalue weighted by Gasteiger charge is 2.22. The Kier molecular flexibility index (Phi) is 2.75. The Bertz CT molecular complexity index is 371. The fourth-order valence-electron chi connectivity index (χ4n) is 1.96. The molecule has 1 atom stereocenters. The quantitative estimate of drug-likeness (QED) is 0.694. The van der Waals surface area contributed by atoms with Crippen LogP contribution in [0.25, 0.3) is 0 Å². The van der Waals surface area contributed by atoms with Crippen LogP contribution in [0, 0.1) is 5.92 Å². The third-order valence-electron chi connectivity index (χ3n) is 2.80. The minimum absolute atomic E-state index is 0.259. The minimum atomic E-state index is -0.259. The van der Waals surface area contributed by atoms with Crippen molar-refractivity contribution in [1.29, 1.82) is 0 Å². The lowest BCUT2D eigenvalue weighted by Gasteiger charge is -2.20. The molecule has 1 aromatic heterocycles. The molecule has 4 heteroatoms. The summed E-state index contributed by atoms with van der Waals surface area (Å²) in [5.41, 5.74) is 0.596. The molecule has 82 valence electrons. The molecule has 0 aliphatic carbocycles. The molecule has 4 nitrogen and oxygen atoms in total. The topological polar surface area (TPSA) is 44.1 Å². The van der Waals surface area contributed by atoms with Gasteiger partial charge in [0.05, 0.1) is 12.8 Å². The monoisotopic (exact) mass is 208 g/mol. The van der Waals surface area contributed by atoms with Gasteiger partial charge < -0.3 is 9.30 Å². The summed E-state index contributed by atoms with van der Waals surface area (Å²) in [6.07, 6.45) is 3.69. The van der Waals surface area contributed by atoms with Crippen molar-refractivity contribution in [2.45, 2.75) is 33.2 Å². The van der Waals surface area contributed by atoms with Crippen molar-refractivity contribution in [1.82, 2.24) is 9.55 Å². The van der Waals surface area contributed by atoms with E-state index in [2.05, 4.69) is 11.9 Å². The van der Waals surface area contributed by atoms with Crippen molar-refractivity contribution in [3.63, 3.8) is 0 Å². The maximum absolute atomic E-state index is 11.6. The average molecular weight is 208 g/mol. The van der Waals surface area contributed by atoms with Crippen molar-refractivity contribution >= 4 is 5.97 Å². The number of hydrogen-bond acceptors (Lipinski definition) is 3. The lowest BCUT2D eigenvalue weighted by atomic mass is 10.0. The Hall–Kier alpha value is -1.32. The molecule has 0 radical (unpaired) electrons. The van der Waals surface area contributed by atoms with Gasteiger partial charge in [-0.15, -0.1) is 0 Å². The van der Waals surface area contributed by atoms with Crippen molar-refractivity contribution in [2.24, 2.45) is 5.92 Å². The van der Waals surface area contributed by atoms with E-state index in [1.807, 2.05) is 11.5 Å². The first-order valence-corrected chi connectivity index (χ1v) is 5.44. The van der Waals surface area contributed by atoms with Crippen LogP contribution in [-0.4, -0.2) is 22.1 Å². The van der Waals surface area contributed by atoms with E-state index in [0.717, 1.165) is 25.2 Å². The van der Waals surface area contributed by atoms with Gasteiger partial charge >= 0.3 is 5.97 Å². The zero-order valence-electron chi connectivity index (χ0n) is 9.19. The normalized spacial score (nSPS) is 19.7. The molecule has 0 saturated carbocycles. The van der Waals surface area contributed by atoms with Crippen molar-refractivity contribution in [2.75, 3.05) is 6.61 Å². The lowest BCUT2D eigenvalue weighted by molar-refractivity contribution is 0.0512. The molecule has 0 fully saturated rings. The standard InChI is InChI=1S/C11H16N2O2/c1-3-15-11(14)9-7-12-10-6-8(2)4-5-13(9)10/h7-8H,3-6H2,1-2H3. The SMILES string of the molecule is CCOC(=O)c1cnc2n1CCC(C)C2. The van der Waals surface area contributed by atoms with Gasteiger partial charge in [-0.05, 0) is 19.3 Å². The van der Waals surface area contributed by atoms with E-state index in [1.165, 1.54) is 0 Å². The van der Waals surface area contributed by atoms with Gasteiger partial charge in [0, 0.05) is 13.0 Å². The fourth-order valence-corrected chi connectivity index (χ4v) is 1.96. The highest BCUT2D eigenvalue weighted by atomic mass is 16.5. The number of esters is 1. The molecule has 0 bridgehead atoms. The second kappa shape index (κ2) is 4.04. The summed E-state index contributed by atoms with van der Waals surface area (Å²) in [6, 6.07) is 0. The van der Waals surface area contributed by atoms with Crippen LogP contribution in [0.4, 0.5) is 0 Å². The number of rotatable bonds is 2. The van der Waals surface area contributed by atoms with Gasteiger partial charge in [0.2, 0.25) is 0 Å². The number of nitrogens with zero attached hydrogens (tertiary/aromatic N) is 2. The van der Waals surface area contributed by atoms with E-state index < -0.39 is 0 Å². The second-order valence-corrected chi connectivity index (χ2v) is 4.03. The first-order valence-electron chi connectivity index (χ1n) is 5.44. The molecule has 1 aliphatic rings. The number of aromatic nitrogens is 2. The zero-order valence-corrected chi connectivity index (χ0v) is 9.19. The summed E-state index contributed by atoms with van der Waals surface area (Å²) >= 11 is 0. The largest absolute Gasteiger partial charge is 0.461 e. The van der Waals surface area contributed by atoms with Crippen molar-refractivity contribution in [3.05, 3.63) is 17.7 Å². The van der Waals surface area contributed by atoms with Gasteiger partial charge in [-0.2, -0.15) is 0 Å². The lowest BCUT2D eigenvalue weighted by Crippen LogP contribution is -2.21. The Morgan fingerprint density at radius 1 is 1.73 bits per heavy atom.